The topological polar surface area (TPSA) is 55.6 Å². The summed E-state index contributed by atoms with van der Waals surface area (Å²) in [5, 5.41) is 0. The van der Waals surface area contributed by atoms with Crippen LogP contribution in [0.5, 0.6) is 0 Å². The zero-order valence-electron chi connectivity index (χ0n) is 10.8. The minimum Gasteiger partial charge on any atom is -0.445 e. The summed E-state index contributed by atoms with van der Waals surface area (Å²) in [4.78, 5) is 13.7. The zero-order chi connectivity index (χ0) is 13.0. The zero-order valence-corrected chi connectivity index (χ0v) is 10.8. The Hall–Kier alpha value is -1.55. The molecule has 1 heterocycles. The monoisotopic (exact) mass is 248 g/mol. The lowest BCUT2D eigenvalue weighted by molar-refractivity contribution is -0.00995. The number of carbonyl (C=O) groups excluding carboxylic acids is 1. The number of benzene rings is 1. The highest BCUT2D eigenvalue weighted by molar-refractivity contribution is 5.70. The third-order valence-corrected chi connectivity index (χ3v) is 3.63. The van der Waals surface area contributed by atoms with Gasteiger partial charge in [0.25, 0.3) is 0 Å². The lowest BCUT2D eigenvalue weighted by Gasteiger charge is -2.49. The standard InChI is InChI=1S/C14H20N2O2/c1-14(7-9-15)8-10-16(14)13(17)18-11-12-5-3-2-4-6-12/h2-6H,7-11,15H2,1H3/t14-/m1/s1. The van der Waals surface area contributed by atoms with Crippen LogP contribution in [0.3, 0.4) is 0 Å². The molecule has 98 valence electrons. The van der Waals surface area contributed by atoms with Gasteiger partial charge in [-0.3, -0.25) is 0 Å². The van der Waals surface area contributed by atoms with Crippen LogP contribution >= 0.6 is 0 Å². The van der Waals surface area contributed by atoms with Gasteiger partial charge in [-0.1, -0.05) is 30.3 Å². The van der Waals surface area contributed by atoms with Gasteiger partial charge in [-0.15, -0.1) is 0 Å². The maximum absolute atomic E-state index is 12.0. The van der Waals surface area contributed by atoms with E-state index in [9.17, 15) is 4.79 Å². The number of ether oxygens (including phenoxy) is 1. The average Bonchev–Trinajstić information content (AvgIpc) is 2.37. The fourth-order valence-corrected chi connectivity index (χ4v) is 2.29. The van der Waals surface area contributed by atoms with Gasteiger partial charge in [0.05, 0.1) is 0 Å². The molecule has 1 aromatic rings. The van der Waals surface area contributed by atoms with Gasteiger partial charge >= 0.3 is 6.09 Å². The Kier molecular flexibility index (Phi) is 3.87. The van der Waals surface area contributed by atoms with Crippen molar-refractivity contribution in [3.63, 3.8) is 0 Å². The molecule has 1 aromatic carbocycles. The van der Waals surface area contributed by atoms with Crippen LogP contribution in [0.4, 0.5) is 4.79 Å². The Labute approximate surface area is 108 Å². The molecule has 1 fully saturated rings. The molecule has 1 aliphatic heterocycles. The van der Waals surface area contributed by atoms with Gasteiger partial charge in [0, 0.05) is 12.1 Å². The predicted molar refractivity (Wildman–Crippen MR) is 70.0 cm³/mol. The molecule has 1 saturated heterocycles. The van der Waals surface area contributed by atoms with Crippen LogP contribution < -0.4 is 5.73 Å². The van der Waals surface area contributed by atoms with Gasteiger partial charge in [0.15, 0.2) is 0 Å². The maximum atomic E-state index is 12.0. The van der Waals surface area contributed by atoms with E-state index in [-0.39, 0.29) is 11.6 Å². The number of likely N-dealkylation sites (tertiary alicyclic amines) is 1. The summed E-state index contributed by atoms with van der Waals surface area (Å²) in [5.74, 6) is 0. The summed E-state index contributed by atoms with van der Waals surface area (Å²) in [5.41, 5.74) is 6.47. The van der Waals surface area contributed by atoms with E-state index >= 15 is 0 Å². The second-order valence-electron chi connectivity index (χ2n) is 4.98. The Morgan fingerprint density at radius 3 is 2.72 bits per heavy atom. The number of rotatable bonds is 4. The summed E-state index contributed by atoms with van der Waals surface area (Å²) >= 11 is 0. The lowest BCUT2D eigenvalue weighted by atomic mass is 9.84. The van der Waals surface area contributed by atoms with Crippen LogP contribution in [0.25, 0.3) is 0 Å². The van der Waals surface area contributed by atoms with Crippen molar-refractivity contribution in [1.82, 2.24) is 4.90 Å². The first-order valence-electron chi connectivity index (χ1n) is 6.34. The number of amides is 1. The SMILES string of the molecule is C[C@@]1(CCN)CCN1C(=O)OCc1ccccc1. The van der Waals surface area contributed by atoms with Crippen LogP contribution in [0.15, 0.2) is 30.3 Å². The fourth-order valence-electron chi connectivity index (χ4n) is 2.29. The van der Waals surface area contributed by atoms with Gasteiger partial charge in [-0.25, -0.2) is 4.79 Å². The highest BCUT2D eigenvalue weighted by Crippen LogP contribution is 2.33. The molecule has 0 bridgehead atoms. The second kappa shape index (κ2) is 5.40. The molecule has 4 nitrogen and oxygen atoms in total. The van der Waals surface area contributed by atoms with Gasteiger partial charge in [-0.2, -0.15) is 0 Å². The fraction of sp³-hybridized carbons (Fsp3) is 0.500. The minimum atomic E-state index is -0.235. The Morgan fingerprint density at radius 1 is 1.44 bits per heavy atom. The van der Waals surface area contributed by atoms with E-state index < -0.39 is 0 Å². The van der Waals surface area contributed by atoms with Crippen molar-refractivity contribution in [3.05, 3.63) is 35.9 Å². The van der Waals surface area contributed by atoms with Crippen LogP contribution in [0, 0.1) is 0 Å². The van der Waals surface area contributed by atoms with Crippen LogP contribution in [0.1, 0.15) is 25.3 Å². The first-order valence-corrected chi connectivity index (χ1v) is 6.34. The minimum absolute atomic E-state index is 0.109. The number of hydrogen-bond donors (Lipinski definition) is 1. The first kappa shape index (κ1) is 12.9. The third-order valence-electron chi connectivity index (χ3n) is 3.63. The normalized spacial score (nSPS) is 22.4. The predicted octanol–water partition coefficient (Wildman–Crippen LogP) is 2.14. The lowest BCUT2D eigenvalue weighted by Crippen LogP contribution is -2.61. The molecule has 1 amide bonds. The third kappa shape index (κ3) is 2.64. The molecular weight excluding hydrogens is 228 g/mol. The van der Waals surface area contributed by atoms with Gasteiger partial charge in [-0.05, 0) is 31.9 Å². The van der Waals surface area contributed by atoms with Crippen LogP contribution in [0.2, 0.25) is 0 Å². The largest absolute Gasteiger partial charge is 0.445 e. The molecule has 2 N–H and O–H groups in total. The average molecular weight is 248 g/mol. The highest BCUT2D eigenvalue weighted by atomic mass is 16.6. The number of nitrogens with zero attached hydrogens (tertiary/aromatic N) is 1. The molecule has 0 aliphatic carbocycles. The van der Waals surface area contributed by atoms with E-state index in [1.165, 1.54) is 0 Å². The van der Waals surface area contributed by atoms with Crippen molar-refractivity contribution in [3.8, 4) is 0 Å². The molecule has 18 heavy (non-hydrogen) atoms. The van der Waals surface area contributed by atoms with Crippen molar-refractivity contribution in [1.29, 1.82) is 0 Å². The number of carbonyl (C=O) groups is 1. The van der Waals surface area contributed by atoms with E-state index in [0.29, 0.717) is 13.2 Å². The molecule has 4 heteroatoms. The molecule has 1 atom stereocenters. The summed E-state index contributed by atoms with van der Waals surface area (Å²) < 4.78 is 5.32. The number of nitrogens with two attached hydrogens (primary N) is 1. The highest BCUT2D eigenvalue weighted by Gasteiger charge is 2.43. The second-order valence-corrected chi connectivity index (χ2v) is 4.98. The summed E-state index contributed by atoms with van der Waals surface area (Å²) in [6, 6.07) is 9.71. The molecule has 2 rings (SSSR count). The molecule has 0 radical (unpaired) electrons. The van der Waals surface area contributed by atoms with Crippen LogP contribution in [-0.4, -0.2) is 29.6 Å². The number of hydrogen-bond acceptors (Lipinski definition) is 3. The molecule has 0 spiro atoms. The maximum Gasteiger partial charge on any atom is 0.410 e. The van der Waals surface area contributed by atoms with E-state index in [1.54, 1.807) is 4.90 Å². The molecule has 0 unspecified atom stereocenters. The molecular formula is C14H20N2O2. The Morgan fingerprint density at radius 2 is 2.17 bits per heavy atom. The van der Waals surface area contributed by atoms with Crippen molar-refractivity contribution in [2.24, 2.45) is 5.73 Å². The van der Waals surface area contributed by atoms with Gasteiger partial charge in [0.1, 0.15) is 6.61 Å². The Balaban J connectivity index is 1.86. The van der Waals surface area contributed by atoms with Gasteiger partial charge in [0.2, 0.25) is 0 Å². The quantitative estimate of drug-likeness (QED) is 0.888. The summed E-state index contributed by atoms with van der Waals surface area (Å²) in [6.45, 7) is 3.76. The molecule has 0 aromatic heterocycles. The van der Waals surface area contributed by atoms with E-state index in [0.717, 1.165) is 24.9 Å². The summed E-state index contributed by atoms with van der Waals surface area (Å²) in [7, 11) is 0. The van der Waals surface area contributed by atoms with E-state index in [2.05, 4.69) is 6.92 Å². The summed E-state index contributed by atoms with van der Waals surface area (Å²) in [6.07, 6.45) is 1.60. The van der Waals surface area contributed by atoms with Crippen LogP contribution in [-0.2, 0) is 11.3 Å². The van der Waals surface area contributed by atoms with Crippen molar-refractivity contribution in [2.45, 2.75) is 31.9 Å². The first-order chi connectivity index (χ1) is 8.65. The van der Waals surface area contributed by atoms with E-state index in [4.69, 9.17) is 10.5 Å². The van der Waals surface area contributed by atoms with Crippen molar-refractivity contribution >= 4 is 6.09 Å². The van der Waals surface area contributed by atoms with Crippen molar-refractivity contribution < 1.29 is 9.53 Å². The molecule has 1 aliphatic rings. The Bertz CT molecular complexity index is 408. The van der Waals surface area contributed by atoms with Crippen molar-refractivity contribution in [2.75, 3.05) is 13.1 Å². The smallest absolute Gasteiger partial charge is 0.410 e. The van der Waals surface area contributed by atoms with E-state index in [1.807, 2.05) is 30.3 Å². The molecule has 0 saturated carbocycles. The van der Waals surface area contributed by atoms with Gasteiger partial charge < -0.3 is 15.4 Å².